The van der Waals surface area contributed by atoms with E-state index in [0.717, 1.165) is 23.0 Å². The largest absolute Gasteiger partial charge is 0.496 e. The highest BCUT2D eigenvalue weighted by Gasteiger charge is 2.34. The van der Waals surface area contributed by atoms with Gasteiger partial charge in [0.15, 0.2) is 11.5 Å². The van der Waals surface area contributed by atoms with Crippen LogP contribution in [0.4, 0.5) is 29.2 Å². The average molecular weight is 508 g/mol. The number of benzene rings is 2. The molecule has 0 aliphatic heterocycles. The third kappa shape index (κ3) is 5.01. The van der Waals surface area contributed by atoms with E-state index >= 15 is 0 Å². The topological polar surface area (TPSA) is 102 Å². The SMILES string of the molecule is COc1ccc(C(=O)O)cc1-c1cnc(Nc2ccc(F)c(Cl)c2)nc1-n1ccc(C(F)(F)F)n1. The lowest BCUT2D eigenvalue weighted by molar-refractivity contribution is -0.141. The number of carbonyl (C=O) groups is 1. The van der Waals surface area contributed by atoms with Gasteiger partial charge in [-0.25, -0.2) is 18.9 Å². The number of alkyl halides is 3. The minimum atomic E-state index is -4.70. The van der Waals surface area contributed by atoms with Gasteiger partial charge in [-0.3, -0.25) is 0 Å². The quantitative estimate of drug-likeness (QED) is 0.328. The number of carboxylic acids is 1. The van der Waals surface area contributed by atoms with Crippen LogP contribution >= 0.6 is 11.6 Å². The molecule has 0 aliphatic rings. The number of carboxylic acid groups (broad SMARTS) is 1. The predicted molar refractivity (Wildman–Crippen MR) is 118 cm³/mol. The first-order valence-electron chi connectivity index (χ1n) is 9.71. The second-order valence-corrected chi connectivity index (χ2v) is 7.46. The number of nitrogens with one attached hydrogen (secondary N) is 1. The summed E-state index contributed by atoms with van der Waals surface area (Å²) < 4.78 is 59.2. The van der Waals surface area contributed by atoms with Gasteiger partial charge < -0.3 is 15.2 Å². The Labute approximate surface area is 199 Å². The maximum Gasteiger partial charge on any atom is 0.435 e. The summed E-state index contributed by atoms with van der Waals surface area (Å²) in [7, 11) is 1.35. The third-order valence-electron chi connectivity index (χ3n) is 4.78. The Bertz CT molecular complexity index is 1420. The first kappa shape index (κ1) is 24.0. The summed E-state index contributed by atoms with van der Waals surface area (Å²) in [6.45, 7) is 0. The van der Waals surface area contributed by atoms with Crippen LogP contribution in [0.15, 0.2) is 54.9 Å². The fraction of sp³-hybridized carbons (Fsp3) is 0.0909. The van der Waals surface area contributed by atoms with Crippen molar-refractivity contribution in [2.24, 2.45) is 0 Å². The lowest BCUT2D eigenvalue weighted by atomic mass is 10.0. The number of nitrogens with zero attached hydrogens (tertiary/aromatic N) is 4. The number of halogens is 5. The molecule has 0 spiro atoms. The van der Waals surface area contributed by atoms with E-state index in [9.17, 15) is 27.5 Å². The van der Waals surface area contributed by atoms with Crippen LogP contribution in [0.2, 0.25) is 5.02 Å². The molecule has 4 rings (SSSR count). The molecular formula is C22H14ClF4N5O3. The standard InChI is InChI=1S/C22H14ClF4N5O3/c1-35-17-5-2-11(20(33)34)8-13(17)14-10-28-21(29-12-3-4-16(24)15(23)9-12)30-19(14)32-7-6-18(31-32)22(25,26)27/h2-10H,1H3,(H,33,34)(H,28,29,30). The number of anilines is 2. The van der Waals surface area contributed by atoms with Gasteiger partial charge in [0.05, 0.1) is 17.7 Å². The number of aromatic nitrogens is 4. The van der Waals surface area contributed by atoms with Crippen molar-refractivity contribution in [3.05, 3.63) is 77.0 Å². The Kier molecular flexibility index (Phi) is 6.31. The molecule has 0 saturated heterocycles. The summed E-state index contributed by atoms with van der Waals surface area (Å²) in [6.07, 6.45) is -2.37. The molecule has 0 fully saturated rings. The van der Waals surface area contributed by atoms with Crippen molar-refractivity contribution in [3.63, 3.8) is 0 Å². The van der Waals surface area contributed by atoms with Crippen LogP contribution in [0.1, 0.15) is 16.1 Å². The van der Waals surface area contributed by atoms with Gasteiger partial charge in [0.25, 0.3) is 0 Å². The van der Waals surface area contributed by atoms with Crippen molar-refractivity contribution in [1.29, 1.82) is 0 Å². The minimum absolute atomic E-state index is 0.0659. The number of aromatic carboxylic acids is 1. The maximum absolute atomic E-state index is 13.5. The fourth-order valence-electron chi connectivity index (χ4n) is 3.15. The van der Waals surface area contributed by atoms with Gasteiger partial charge in [-0.05, 0) is 42.5 Å². The highest BCUT2D eigenvalue weighted by atomic mass is 35.5. The van der Waals surface area contributed by atoms with Crippen LogP contribution in [0, 0.1) is 5.82 Å². The maximum atomic E-state index is 13.5. The third-order valence-corrected chi connectivity index (χ3v) is 5.07. The highest BCUT2D eigenvalue weighted by Crippen LogP contribution is 2.35. The van der Waals surface area contributed by atoms with E-state index in [1.165, 1.54) is 43.6 Å². The summed E-state index contributed by atoms with van der Waals surface area (Å²) >= 11 is 5.79. The molecule has 0 atom stereocenters. The first-order valence-corrected chi connectivity index (χ1v) is 10.1. The molecule has 0 amide bonds. The van der Waals surface area contributed by atoms with Crippen LogP contribution in [-0.4, -0.2) is 37.9 Å². The smallest absolute Gasteiger partial charge is 0.435 e. The van der Waals surface area contributed by atoms with E-state index in [2.05, 4.69) is 20.4 Å². The molecule has 2 aromatic carbocycles. The average Bonchev–Trinajstić information content (AvgIpc) is 3.32. The zero-order valence-corrected chi connectivity index (χ0v) is 18.4. The van der Waals surface area contributed by atoms with Crippen LogP contribution in [0.3, 0.4) is 0 Å². The van der Waals surface area contributed by atoms with Gasteiger partial charge in [0.1, 0.15) is 11.6 Å². The molecule has 35 heavy (non-hydrogen) atoms. The molecule has 13 heteroatoms. The van der Waals surface area contributed by atoms with Gasteiger partial charge in [-0.15, -0.1) is 0 Å². The molecule has 8 nitrogen and oxygen atoms in total. The van der Waals surface area contributed by atoms with Crippen LogP contribution in [-0.2, 0) is 6.18 Å². The van der Waals surface area contributed by atoms with Gasteiger partial charge in [-0.2, -0.15) is 23.3 Å². The van der Waals surface area contributed by atoms with Crippen molar-refractivity contribution in [2.75, 3.05) is 12.4 Å². The normalized spacial score (nSPS) is 11.4. The fourth-order valence-corrected chi connectivity index (χ4v) is 3.33. The van der Waals surface area contributed by atoms with E-state index < -0.39 is 23.7 Å². The zero-order valence-electron chi connectivity index (χ0n) is 17.6. The summed E-state index contributed by atoms with van der Waals surface area (Å²) in [5.74, 6) is -1.80. The number of methoxy groups -OCH3 is 1. The molecule has 4 aromatic rings. The lowest BCUT2D eigenvalue weighted by Gasteiger charge is -2.15. The zero-order chi connectivity index (χ0) is 25.3. The second kappa shape index (κ2) is 9.22. The van der Waals surface area contributed by atoms with Crippen LogP contribution in [0.5, 0.6) is 5.75 Å². The van der Waals surface area contributed by atoms with Crippen molar-refractivity contribution in [2.45, 2.75) is 6.18 Å². The Morgan fingerprint density at radius 1 is 1.14 bits per heavy atom. The molecular weight excluding hydrogens is 494 g/mol. The molecule has 2 N–H and O–H groups in total. The number of rotatable bonds is 6. The van der Waals surface area contributed by atoms with Gasteiger partial charge in [0, 0.05) is 29.2 Å². The van der Waals surface area contributed by atoms with Crippen molar-refractivity contribution >= 4 is 29.2 Å². The van der Waals surface area contributed by atoms with E-state index in [4.69, 9.17) is 16.3 Å². The van der Waals surface area contributed by atoms with Crippen molar-refractivity contribution < 1.29 is 32.2 Å². The summed E-state index contributed by atoms with van der Waals surface area (Å²) in [6, 6.07) is 8.53. The number of ether oxygens (including phenoxy) is 1. The minimum Gasteiger partial charge on any atom is -0.496 e. The van der Waals surface area contributed by atoms with E-state index in [-0.39, 0.29) is 39.2 Å². The molecule has 2 heterocycles. The van der Waals surface area contributed by atoms with Crippen LogP contribution in [0.25, 0.3) is 16.9 Å². The summed E-state index contributed by atoms with van der Waals surface area (Å²) in [5.41, 5.74) is -0.580. The number of hydrogen-bond acceptors (Lipinski definition) is 6. The predicted octanol–water partition coefficient (Wildman–Crippen LogP) is 5.59. The second-order valence-electron chi connectivity index (χ2n) is 7.05. The molecule has 0 unspecified atom stereocenters. The van der Waals surface area contributed by atoms with Gasteiger partial charge >= 0.3 is 12.1 Å². The van der Waals surface area contributed by atoms with E-state index in [1.54, 1.807) is 0 Å². The summed E-state index contributed by atoms with van der Waals surface area (Å²) in [5, 5.41) is 15.6. The van der Waals surface area contributed by atoms with Crippen LogP contribution < -0.4 is 10.1 Å². The Morgan fingerprint density at radius 3 is 2.54 bits per heavy atom. The molecule has 0 radical (unpaired) electrons. The molecule has 180 valence electrons. The van der Waals surface area contributed by atoms with E-state index in [1.807, 2.05) is 0 Å². The van der Waals surface area contributed by atoms with E-state index in [0.29, 0.717) is 5.69 Å². The first-order chi connectivity index (χ1) is 16.6. The molecule has 0 saturated carbocycles. The Hall–Kier alpha value is -4.19. The molecule has 0 aliphatic carbocycles. The van der Waals surface area contributed by atoms with Crippen molar-refractivity contribution in [1.82, 2.24) is 19.7 Å². The molecule has 0 bridgehead atoms. The monoisotopic (exact) mass is 507 g/mol. The van der Waals surface area contributed by atoms with Gasteiger partial charge in [-0.1, -0.05) is 11.6 Å². The van der Waals surface area contributed by atoms with Gasteiger partial charge in [0.2, 0.25) is 5.95 Å². The lowest BCUT2D eigenvalue weighted by Crippen LogP contribution is -2.10. The van der Waals surface area contributed by atoms with Crippen molar-refractivity contribution in [3.8, 4) is 22.7 Å². The number of hydrogen-bond donors (Lipinski definition) is 2. The highest BCUT2D eigenvalue weighted by molar-refractivity contribution is 6.31. The Balaban J connectivity index is 1.88. The Morgan fingerprint density at radius 2 is 1.91 bits per heavy atom. The summed E-state index contributed by atoms with van der Waals surface area (Å²) in [4.78, 5) is 20.0. The molecule has 2 aromatic heterocycles.